The van der Waals surface area contributed by atoms with E-state index in [1.54, 1.807) is 0 Å². The summed E-state index contributed by atoms with van der Waals surface area (Å²) < 4.78 is 4.83. The Morgan fingerprint density at radius 1 is 1.38 bits per heavy atom. The van der Waals surface area contributed by atoms with Crippen LogP contribution in [0.1, 0.15) is 37.5 Å². The Hall–Kier alpha value is -2.64. The van der Waals surface area contributed by atoms with Gasteiger partial charge in [0, 0.05) is 18.9 Å². The number of nitrogens with one attached hydrogen (secondary N) is 1. The van der Waals surface area contributed by atoms with Gasteiger partial charge in [0.05, 0.1) is 5.71 Å². The highest BCUT2D eigenvalue weighted by Gasteiger charge is 2.13. The van der Waals surface area contributed by atoms with Crippen molar-refractivity contribution in [3.8, 4) is 5.75 Å². The first-order valence-corrected chi connectivity index (χ1v) is 6.20. The minimum Gasteiger partial charge on any atom is -0.507 e. The zero-order valence-corrected chi connectivity index (χ0v) is 11.7. The molecule has 0 radical (unpaired) electrons. The van der Waals surface area contributed by atoms with Crippen molar-refractivity contribution in [2.45, 2.75) is 33.1 Å². The Morgan fingerprint density at radius 2 is 2.05 bits per heavy atom. The molecule has 1 aromatic heterocycles. The molecule has 0 unspecified atom stereocenters. The Labute approximate surface area is 120 Å². The van der Waals surface area contributed by atoms with E-state index >= 15 is 0 Å². The molecule has 0 aliphatic rings. The number of rotatable bonds is 6. The number of aliphatic carboxylic acids is 1. The van der Waals surface area contributed by atoms with Gasteiger partial charge in [0.1, 0.15) is 17.1 Å². The van der Waals surface area contributed by atoms with Gasteiger partial charge < -0.3 is 14.6 Å². The van der Waals surface area contributed by atoms with E-state index in [1.165, 1.54) is 19.9 Å². The van der Waals surface area contributed by atoms with Crippen LogP contribution in [-0.4, -0.2) is 27.8 Å². The lowest BCUT2D eigenvalue weighted by molar-refractivity contribution is -0.137. The van der Waals surface area contributed by atoms with E-state index in [0.717, 1.165) is 0 Å². The number of hydrogen-bond donors (Lipinski definition) is 3. The summed E-state index contributed by atoms with van der Waals surface area (Å²) in [4.78, 5) is 33.3. The van der Waals surface area contributed by atoms with Crippen molar-refractivity contribution in [3.63, 3.8) is 0 Å². The van der Waals surface area contributed by atoms with Gasteiger partial charge in [0.25, 0.3) is 0 Å². The molecule has 0 aliphatic carbocycles. The minimum atomic E-state index is -0.982. The highest BCUT2D eigenvalue weighted by Crippen LogP contribution is 2.15. The second kappa shape index (κ2) is 7.22. The van der Waals surface area contributed by atoms with Crippen molar-refractivity contribution in [2.75, 3.05) is 0 Å². The smallest absolute Gasteiger partial charge is 0.348 e. The van der Waals surface area contributed by atoms with Crippen LogP contribution in [0.3, 0.4) is 0 Å². The monoisotopic (exact) mass is 296 g/mol. The molecule has 1 amide bonds. The summed E-state index contributed by atoms with van der Waals surface area (Å²) in [6.07, 6.45) is 0.0731. The molecule has 0 aliphatic heterocycles. The molecule has 1 aromatic rings. The van der Waals surface area contributed by atoms with Gasteiger partial charge in [-0.05, 0) is 20.3 Å². The number of carboxylic acid groups (broad SMARTS) is 1. The molecule has 1 heterocycles. The van der Waals surface area contributed by atoms with E-state index in [2.05, 4.69) is 10.5 Å². The van der Waals surface area contributed by atoms with E-state index in [9.17, 15) is 19.5 Å². The van der Waals surface area contributed by atoms with Crippen molar-refractivity contribution in [2.24, 2.45) is 5.10 Å². The average molecular weight is 296 g/mol. The molecule has 0 aromatic carbocycles. The van der Waals surface area contributed by atoms with E-state index in [-0.39, 0.29) is 42.0 Å². The summed E-state index contributed by atoms with van der Waals surface area (Å²) in [6.45, 7) is 2.94. The van der Waals surface area contributed by atoms with E-state index in [1.807, 2.05) is 0 Å². The number of hydrogen-bond acceptors (Lipinski definition) is 6. The van der Waals surface area contributed by atoms with Gasteiger partial charge in [-0.15, -0.1) is 0 Å². The van der Waals surface area contributed by atoms with Crippen LogP contribution in [0.15, 0.2) is 20.4 Å². The molecule has 1 rings (SSSR count). The van der Waals surface area contributed by atoms with Gasteiger partial charge in [0.2, 0.25) is 5.91 Å². The van der Waals surface area contributed by atoms with Gasteiger partial charge in [-0.25, -0.2) is 10.2 Å². The van der Waals surface area contributed by atoms with Gasteiger partial charge in [-0.1, -0.05) is 0 Å². The first-order chi connectivity index (χ1) is 9.81. The third-order valence-corrected chi connectivity index (χ3v) is 2.56. The second-order valence-corrected chi connectivity index (χ2v) is 4.38. The molecule has 0 saturated carbocycles. The van der Waals surface area contributed by atoms with Gasteiger partial charge >= 0.3 is 11.6 Å². The molecule has 114 valence electrons. The first-order valence-electron chi connectivity index (χ1n) is 6.20. The van der Waals surface area contributed by atoms with Crippen molar-refractivity contribution in [3.05, 3.63) is 27.8 Å². The predicted octanol–water partition coefficient (Wildman–Crippen LogP) is 0.749. The molecule has 8 heteroatoms. The number of aromatic hydroxyl groups is 1. The predicted molar refractivity (Wildman–Crippen MR) is 73.2 cm³/mol. The zero-order chi connectivity index (χ0) is 16.0. The van der Waals surface area contributed by atoms with Crippen molar-refractivity contribution in [1.29, 1.82) is 0 Å². The number of carboxylic acids is 1. The molecule has 0 atom stereocenters. The lowest BCUT2D eigenvalue weighted by Crippen LogP contribution is -2.21. The molecule has 21 heavy (non-hydrogen) atoms. The van der Waals surface area contributed by atoms with Crippen LogP contribution >= 0.6 is 0 Å². The Bertz CT molecular complexity index is 632. The van der Waals surface area contributed by atoms with Gasteiger partial charge in [0.15, 0.2) is 0 Å². The summed E-state index contributed by atoms with van der Waals surface area (Å²) in [5.74, 6) is -1.49. The van der Waals surface area contributed by atoms with Crippen LogP contribution in [0.5, 0.6) is 5.75 Å². The normalized spacial score (nSPS) is 11.2. The number of aryl methyl sites for hydroxylation is 1. The van der Waals surface area contributed by atoms with Crippen LogP contribution in [0.2, 0.25) is 0 Å². The quantitative estimate of drug-likeness (QED) is 0.524. The summed E-state index contributed by atoms with van der Waals surface area (Å²) in [6, 6.07) is 1.27. The Morgan fingerprint density at radius 3 is 2.62 bits per heavy atom. The molecular formula is C13H16N2O6. The van der Waals surface area contributed by atoms with E-state index in [4.69, 9.17) is 9.52 Å². The van der Waals surface area contributed by atoms with Crippen LogP contribution in [0, 0.1) is 6.92 Å². The third-order valence-electron chi connectivity index (χ3n) is 2.56. The van der Waals surface area contributed by atoms with Crippen molar-refractivity contribution >= 4 is 17.6 Å². The van der Waals surface area contributed by atoms with Crippen LogP contribution in [0.4, 0.5) is 0 Å². The molecule has 0 fully saturated rings. The summed E-state index contributed by atoms with van der Waals surface area (Å²) in [5, 5.41) is 21.8. The maximum absolute atomic E-state index is 11.6. The maximum atomic E-state index is 11.6. The van der Waals surface area contributed by atoms with Crippen LogP contribution in [-0.2, 0) is 9.59 Å². The molecule has 0 saturated heterocycles. The van der Waals surface area contributed by atoms with E-state index in [0.29, 0.717) is 0 Å². The topological polar surface area (TPSA) is 129 Å². The zero-order valence-electron chi connectivity index (χ0n) is 11.7. The standard InChI is InChI=1S/C13H16N2O6/c1-7-6-9(16)12(13(20)21-7)8(2)14-15-10(17)4-3-5-11(18)19/h6,16H,3-5H2,1-2H3,(H,15,17)(H,18,19)/b14-8-. The maximum Gasteiger partial charge on any atom is 0.348 e. The number of carbonyl (C=O) groups is 2. The summed E-state index contributed by atoms with van der Waals surface area (Å²) in [5.41, 5.74) is 1.39. The minimum absolute atomic E-state index is 0.00241. The highest BCUT2D eigenvalue weighted by atomic mass is 16.4. The number of carbonyl (C=O) groups excluding carboxylic acids is 1. The van der Waals surface area contributed by atoms with Crippen LogP contribution < -0.4 is 11.1 Å². The highest BCUT2D eigenvalue weighted by molar-refractivity contribution is 6.01. The molecule has 0 bridgehead atoms. The van der Waals surface area contributed by atoms with E-state index < -0.39 is 17.5 Å². The Kier molecular flexibility index (Phi) is 5.65. The Balaban J connectivity index is 2.71. The SMILES string of the molecule is C/C(=N/NC(=O)CCCC(=O)O)c1c(O)cc(C)oc1=O. The fourth-order valence-electron chi connectivity index (χ4n) is 1.59. The van der Waals surface area contributed by atoms with Gasteiger partial charge in [-0.2, -0.15) is 5.10 Å². The molecular weight excluding hydrogens is 280 g/mol. The summed E-state index contributed by atoms with van der Waals surface area (Å²) in [7, 11) is 0. The summed E-state index contributed by atoms with van der Waals surface area (Å²) >= 11 is 0. The third kappa shape index (κ3) is 5.09. The van der Waals surface area contributed by atoms with Crippen molar-refractivity contribution in [1.82, 2.24) is 5.43 Å². The molecule has 0 spiro atoms. The lowest BCUT2D eigenvalue weighted by atomic mass is 10.2. The lowest BCUT2D eigenvalue weighted by Gasteiger charge is -2.04. The van der Waals surface area contributed by atoms with Crippen molar-refractivity contribution < 1.29 is 24.2 Å². The number of nitrogens with zero attached hydrogens (tertiary/aromatic N) is 1. The fourth-order valence-corrected chi connectivity index (χ4v) is 1.59. The van der Waals surface area contributed by atoms with Gasteiger partial charge in [-0.3, -0.25) is 9.59 Å². The second-order valence-electron chi connectivity index (χ2n) is 4.38. The largest absolute Gasteiger partial charge is 0.507 e. The average Bonchev–Trinajstić information content (AvgIpc) is 2.34. The fraction of sp³-hybridized carbons (Fsp3) is 0.385. The first kappa shape index (κ1) is 16.4. The molecule has 3 N–H and O–H groups in total. The number of amides is 1. The molecule has 8 nitrogen and oxygen atoms in total. The number of hydrazone groups is 1. The van der Waals surface area contributed by atoms with Crippen LogP contribution in [0.25, 0.3) is 0 Å².